The highest BCUT2D eigenvalue weighted by atomic mass is 32.2. The van der Waals surface area contributed by atoms with Gasteiger partial charge in [0.2, 0.25) is 11.8 Å². The molecule has 29 heavy (non-hydrogen) atoms. The van der Waals surface area contributed by atoms with Gasteiger partial charge in [-0.1, -0.05) is 24.3 Å². The Morgan fingerprint density at radius 1 is 1.07 bits per heavy atom. The Bertz CT molecular complexity index is 889. The van der Waals surface area contributed by atoms with Crippen LogP contribution < -0.4 is 15.0 Å². The second-order valence-corrected chi connectivity index (χ2v) is 7.33. The third kappa shape index (κ3) is 5.90. The molecule has 0 saturated heterocycles. The average molecular weight is 424 g/mol. The van der Waals surface area contributed by atoms with E-state index in [2.05, 4.69) is 5.32 Å². The lowest BCUT2D eigenvalue weighted by Gasteiger charge is -2.29. The number of hydrogen-bond donors (Lipinski definition) is 1. The number of rotatable bonds is 6. The van der Waals surface area contributed by atoms with Crippen molar-refractivity contribution in [3.05, 3.63) is 48.5 Å². The third-order valence-electron chi connectivity index (χ3n) is 4.15. The van der Waals surface area contributed by atoms with E-state index >= 15 is 0 Å². The van der Waals surface area contributed by atoms with Gasteiger partial charge in [0.1, 0.15) is 12.4 Å². The predicted octanol–water partition coefficient (Wildman–Crippen LogP) is 4.49. The fourth-order valence-corrected chi connectivity index (χ4v) is 3.62. The topological polar surface area (TPSA) is 58.6 Å². The first kappa shape index (κ1) is 21.0. The van der Waals surface area contributed by atoms with Crippen molar-refractivity contribution in [1.82, 2.24) is 0 Å². The van der Waals surface area contributed by atoms with Gasteiger partial charge in [0.05, 0.1) is 23.7 Å². The minimum absolute atomic E-state index is 0.0158. The number of benzene rings is 2. The van der Waals surface area contributed by atoms with E-state index in [1.807, 2.05) is 6.07 Å². The van der Waals surface area contributed by atoms with Gasteiger partial charge in [0.25, 0.3) is 0 Å². The molecule has 1 heterocycles. The SMILES string of the molecule is O=C(CCC(=O)N1CCOc2ccccc21)Nc1ccccc1SCC(F)(F)F. The third-order valence-corrected chi connectivity index (χ3v) is 5.29. The summed E-state index contributed by atoms with van der Waals surface area (Å²) in [6, 6.07) is 13.5. The van der Waals surface area contributed by atoms with E-state index in [1.165, 1.54) is 12.1 Å². The lowest BCUT2D eigenvalue weighted by Crippen LogP contribution is -2.38. The van der Waals surface area contributed by atoms with E-state index in [9.17, 15) is 22.8 Å². The Balaban J connectivity index is 1.57. The molecule has 0 aromatic heterocycles. The lowest BCUT2D eigenvalue weighted by molar-refractivity contribution is -0.122. The number of nitrogens with zero attached hydrogens (tertiary/aromatic N) is 1. The van der Waals surface area contributed by atoms with Crippen LogP contribution >= 0.6 is 11.8 Å². The summed E-state index contributed by atoms with van der Waals surface area (Å²) in [6.45, 7) is 0.771. The zero-order valence-electron chi connectivity index (χ0n) is 15.4. The van der Waals surface area contributed by atoms with Crippen LogP contribution in [0.2, 0.25) is 0 Å². The quantitative estimate of drug-likeness (QED) is 0.695. The largest absolute Gasteiger partial charge is 0.490 e. The van der Waals surface area contributed by atoms with Crippen molar-refractivity contribution < 1.29 is 27.5 Å². The molecule has 1 aliphatic heterocycles. The first-order chi connectivity index (χ1) is 13.8. The van der Waals surface area contributed by atoms with Gasteiger partial charge in [-0.25, -0.2) is 0 Å². The number of amides is 2. The maximum atomic E-state index is 12.6. The average Bonchev–Trinajstić information content (AvgIpc) is 2.70. The molecule has 0 fully saturated rings. The zero-order chi connectivity index (χ0) is 20.9. The molecule has 1 aliphatic rings. The van der Waals surface area contributed by atoms with Crippen molar-refractivity contribution in [2.45, 2.75) is 23.9 Å². The van der Waals surface area contributed by atoms with E-state index in [-0.39, 0.29) is 18.7 Å². The van der Waals surface area contributed by atoms with Crippen LogP contribution in [-0.4, -0.2) is 36.9 Å². The summed E-state index contributed by atoms with van der Waals surface area (Å²) in [7, 11) is 0. The van der Waals surface area contributed by atoms with Crippen LogP contribution in [0.1, 0.15) is 12.8 Å². The van der Waals surface area contributed by atoms with Crippen LogP contribution in [-0.2, 0) is 9.59 Å². The van der Waals surface area contributed by atoms with Crippen molar-refractivity contribution in [3.63, 3.8) is 0 Å². The number of nitrogens with one attached hydrogen (secondary N) is 1. The molecule has 2 aromatic rings. The van der Waals surface area contributed by atoms with Gasteiger partial charge >= 0.3 is 6.18 Å². The molecule has 0 bridgehead atoms. The Morgan fingerprint density at radius 3 is 2.59 bits per heavy atom. The minimum atomic E-state index is -4.30. The summed E-state index contributed by atoms with van der Waals surface area (Å²) >= 11 is 0.607. The molecule has 2 aromatic carbocycles. The highest BCUT2D eigenvalue weighted by Gasteiger charge is 2.28. The fourth-order valence-electron chi connectivity index (χ4n) is 2.85. The number of alkyl halides is 3. The van der Waals surface area contributed by atoms with Gasteiger partial charge in [0, 0.05) is 17.7 Å². The van der Waals surface area contributed by atoms with Crippen LogP contribution in [0.15, 0.2) is 53.4 Å². The van der Waals surface area contributed by atoms with Crippen molar-refractivity contribution >= 4 is 35.0 Å². The van der Waals surface area contributed by atoms with Gasteiger partial charge in [-0.05, 0) is 24.3 Å². The van der Waals surface area contributed by atoms with Crippen LogP contribution in [0.3, 0.4) is 0 Å². The molecule has 5 nitrogen and oxygen atoms in total. The summed E-state index contributed by atoms with van der Waals surface area (Å²) < 4.78 is 42.9. The molecule has 3 rings (SSSR count). The predicted molar refractivity (Wildman–Crippen MR) is 105 cm³/mol. The normalized spacial score (nSPS) is 13.4. The maximum Gasteiger partial charge on any atom is 0.398 e. The molecule has 154 valence electrons. The van der Waals surface area contributed by atoms with Gasteiger partial charge in [0.15, 0.2) is 0 Å². The van der Waals surface area contributed by atoms with Crippen LogP contribution in [0.5, 0.6) is 5.75 Å². The summed E-state index contributed by atoms with van der Waals surface area (Å²) in [4.78, 5) is 26.7. The highest BCUT2D eigenvalue weighted by Crippen LogP contribution is 2.33. The lowest BCUT2D eigenvalue weighted by atomic mass is 10.2. The first-order valence-corrected chi connectivity index (χ1v) is 9.93. The van der Waals surface area contributed by atoms with E-state index in [4.69, 9.17) is 4.74 Å². The van der Waals surface area contributed by atoms with Gasteiger partial charge < -0.3 is 15.0 Å². The number of anilines is 2. The van der Waals surface area contributed by atoms with Crippen LogP contribution in [0, 0.1) is 0 Å². The molecule has 0 spiro atoms. The summed E-state index contributed by atoms with van der Waals surface area (Å²) in [5, 5.41) is 2.60. The van der Waals surface area contributed by atoms with Crippen molar-refractivity contribution in [1.29, 1.82) is 0 Å². The number of para-hydroxylation sites is 3. The molecule has 0 radical (unpaired) electrons. The number of hydrogen-bond acceptors (Lipinski definition) is 4. The summed E-state index contributed by atoms with van der Waals surface area (Å²) in [6.07, 6.45) is -4.39. The summed E-state index contributed by atoms with van der Waals surface area (Å²) in [5.74, 6) is -1.07. The highest BCUT2D eigenvalue weighted by molar-refractivity contribution is 7.99. The van der Waals surface area contributed by atoms with Crippen molar-refractivity contribution in [2.75, 3.05) is 29.1 Å². The van der Waals surface area contributed by atoms with Gasteiger partial charge in [-0.2, -0.15) is 13.2 Å². The van der Waals surface area contributed by atoms with E-state index in [0.29, 0.717) is 46.9 Å². The standard InChI is InChI=1S/C20H19F3N2O3S/c21-20(22,23)13-29-17-8-4-1-5-14(17)24-18(26)9-10-19(27)25-11-12-28-16-7-3-2-6-15(16)25/h1-8H,9-13H2,(H,24,26). The Hall–Kier alpha value is -2.68. The van der Waals surface area contributed by atoms with E-state index < -0.39 is 17.8 Å². The minimum Gasteiger partial charge on any atom is -0.490 e. The molecular formula is C20H19F3N2O3S. The van der Waals surface area contributed by atoms with E-state index in [0.717, 1.165) is 0 Å². The number of ether oxygens (including phenoxy) is 1. The Kier molecular flexibility index (Phi) is 6.68. The van der Waals surface area contributed by atoms with Crippen LogP contribution in [0.4, 0.5) is 24.5 Å². The second-order valence-electron chi connectivity index (χ2n) is 6.31. The number of halogens is 3. The number of fused-ring (bicyclic) bond motifs is 1. The molecular weight excluding hydrogens is 405 g/mol. The second kappa shape index (κ2) is 9.21. The van der Waals surface area contributed by atoms with Crippen molar-refractivity contribution in [3.8, 4) is 5.75 Å². The van der Waals surface area contributed by atoms with E-state index in [1.54, 1.807) is 35.2 Å². The molecule has 0 aliphatic carbocycles. The van der Waals surface area contributed by atoms with Crippen LogP contribution in [0.25, 0.3) is 0 Å². The molecule has 2 amide bonds. The molecule has 1 N–H and O–H groups in total. The molecule has 9 heteroatoms. The maximum absolute atomic E-state index is 12.6. The zero-order valence-corrected chi connectivity index (χ0v) is 16.2. The summed E-state index contributed by atoms with van der Waals surface area (Å²) in [5.41, 5.74) is 0.967. The van der Waals surface area contributed by atoms with Gasteiger partial charge in [-0.3, -0.25) is 9.59 Å². The number of carbonyl (C=O) groups is 2. The molecule has 0 atom stereocenters. The first-order valence-electron chi connectivity index (χ1n) is 8.94. The Labute approximate surface area is 170 Å². The number of carbonyl (C=O) groups excluding carboxylic acids is 2. The number of thioether (sulfide) groups is 1. The molecule has 0 saturated carbocycles. The Morgan fingerprint density at radius 2 is 1.79 bits per heavy atom. The monoisotopic (exact) mass is 424 g/mol. The fraction of sp³-hybridized carbons (Fsp3) is 0.300. The van der Waals surface area contributed by atoms with Gasteiger partial charge in [-0.15, -0.1) is 11.8 Å². The smallest absolute Gasteiger partial charge is 0.398 e. The van der Waals surface area contributed by atoms with Crippen molar-refractivity contribution in [2.24, 2.45) is 0 Å². The molecule has 0 unspecified atom stereocenters.